The fourth-order valence-electron chi connectivity index (χ4n) is 3.13. The maximum Gasteiger partial charge on any atom is 0.235 e. The molecular formula is C14H20N2O3. The summed E-state index contributed by atoms with van der Waals surface area (Å²) in [5, 5.41) is 9.93. The van der Waals surface area contributed by atoms with Crippen LogP contribution < -0.4 is 5.73 Å². The van der Waals surface area contributed by atoms with E-state index < -0.39 is 18.1 Å². The number of aliphatic hydroxyl groups excluding tert-OH is 1. The summed E-state index contributed by atoms with van der Waals surface area (Å²) in [7, 11) is 0. The Morgan fingerprint density at radius 2 is 2.11 bits per heavy atom. The third-order valence-electron chi connectivity index (χ3n) is 4.01. The van der Waals surface area contributed by atoms with Crippen LogP contribution in [0.4, 0.5) is 0 Å². The highest BCUT2D eigenvalue weighted by Gasteiger charge is 2.59. The number of nitrogens with two attached hydrogens (primary N) is 1. The Hall–Kier alpha value is -1.46. The lowest BCUT2D eigenvalue weighted by atomic mass is 9.79. The molecule has 2 heterocycles. The fraction of sp³-hybridized carbons (Fsp3) is 0.571. The molecule has 104 valence electrons. The highest BCUT2D eigenvalue weighted by Crippen LogP contribution is 2.45. The number of ketones is 1. The molecule has 0 aliphatic carbocycles. The van der Waals surface area contributed by atoms with Crippen LogP contribution in [0, 0.1) is 5.92 Å². The first kappa shape index (κ1) is 14.0. The summed E-state index contributed by atoms with van der Waals surface area (Å²) in [6, 6.07) is -0.756. The zero-order valence-electron chi connectivity index (χ0n) is 11.5. The van der Waals surface area contributed by atoms with Crippen LogP contribution >= 0.6 is 0 Å². The van der Waals surface area contributed by atoms with E-state index in [1.165, 1.54) is 11.8 Å². The van der Waals surface area contributed by atoms with Gasteiger partial charge in [0.2, 0.25) is 5.91 Å². The van der Waals surface area contributed by atoms with Crippen LogP contribution in [0.1, 0.15) is 27.2 Å². The van der Waals surface area contributed by atoms with E-state index in [4.69, 9.17) is 5.73 Å². The molecule has 0 aromatic rings. The van der Waals surface area contributed by atoms with Gasteiger partial charge in [-0.1, -0.05) is 19.1 Å². The number of hydrogen-bond donors (Lipinski definition) is 2. The van der Waals surface area contributed by atoms with E-state index in [1.54, 1.807) is 6.92 Å². The zero-order chi connectivity index (χ0) is 14.5. The van der Waals surface area contributed by atoms with Gasteiger partial charge >= 0.3 is 0 Å². The molecule has 1 amide bonds. The Kier molecular flexibility index (Phi) is 3.36. The maximum absolute atomic E-state index is 12.2. The van der Waals surface area contributed by atoms with E-state index in [0.29, 0.717) is 23.3 Å². The number of hydrogen-bond acceptors (Lipinski definition) is 4. The molecular weight excluding hydrogens is 244 g/mol. The molecule has 19 heavy (non-hydrogen) atoms. The highest BCUT2D eigenvalue weighted by atomic mass is 16.3. The Morgan fingerprint density at radius 3 is 2.53 bits per heavy atom. The van der Waals surface area contributed by atoms with Crippen LogP contribution in [0.2, 0.25) is 0 Å². The Labute approximate surface area is 112 Å². The number of fused-ring (bicyclic) bond motifs is 1. The normalized spacial score (nSPS) is 31.1. The van der Waals surface area contributed by atoms with Crippen LogP contribution in [0.25, 0.3) is 0 Å². The van der Waals surface area contributed by atoms with E-state index in [9.17, 15) is 14.7 Å². The molecule has 3 N–H and O–H groups in total. The Bertz CT molecular complexity index is 495. The monoisotopic (exact) mass is 264 g/mol. The summed E-state index contributed by atoms with van der Waals surface area (Å²) in [5.41, 5.74) is 7.87. The molecule has 5 nitrogen and oxygen atoms in total. The third-order valence-corrected chi connectivity index (χ3v) is 4.01. The van der Waals surface area contributed by atoms with Gasteiger partial charge in [0, 0.05) is 12.5 Å². The second-order valence-corrected chi connectivity index (χ2v) is 5.32. The standard InChI is InChI=1S/C14H20N2O3/c1-5-8(18)10-13-11(15)9(6(2)3)12(7(4)17)16(13)14(10)19/h8,10-11,13,18H,2,5,15H2,1,3-4H3. The van der Waals surface area contributed by atoms with Gasteiger partial charge in [-0.3, -0.25) is 9.59 Å². The number of carbonyl (C=O) groups is 2. The molecule has 0 aromatic carbocycles. The fourth-order valence-corrected chi connectivity index (χ4v) is 3.13. The van der Waals surface area contributed by atoms with Crippen molar-refractivity contribution in [1.82, 2.24) is 4.90 Å². The molecule has 4 atom stereocenters. The molecule has 2 aliphatic rings. The maximum atomic E-state index is 12.2. The summed E-state index contributed by atoms with van der Waals surface area (Å²) in [6.45, 7) is 8.86. The Balaban J connectivity index is 2.43. The summed E-state index contributed by atoms with van der Waals surface area (Å²) >= 11 is 0. The largest absolute Gasteiger partial charge is 0.392 e. The molecule has 0 radical (unpaired) electrons. The lowest BCUT2D eigenvalue weighted by molar-refractivity contribution is -0.160. The quantitative estimate of drug-likeness (QED) is 0.717. The summed E-state index contributed by atoms with van der Waals surface area (Å²) in [6.07, 6.45) is -0.219. The van der Waals surface area contributed by atoms with Gasteiger partial charge in [-0.25, -0.2) is 0 Å². The molecule has 0 saturated carbocycles. The summed E-state index contributed by atoms with van der Waals surface area (Å²) < 4.78 is 0. The van der Waals surface area contributed by atoms with Gasteiger partial charge in [-0.2, -0.15) is 0 Å². The zero-order valence-corrected chi connectivity index (χ0v) is 11.5. The molecule has 1 saturated heterocycles. The van der Waals surface area contributed by atoms with Crippen LogP contribution in [0.3, 0.4) is 0 Å². The summed E-state index contributed by atoms with van der Waals surface area (Å²) in [5.74, 6) is -0.906. The predicted molar refractivity (Wildman–Crippen MR) is 70.9 cm³/mol. The lowest BCUT2D eigenvalue weighted by Crippen LogP contribution is -2.66. The van der Waals surface area contributed by atoms with Crippen molar-refractivity contribution in [3.05, 3.63) is 23.4 Å². The second-order valence-electron chi connectivity index (χ2n) is 5.32. The van der Waals surface area contributed by atoms with Gasteiger partial charge in [-0.05, 0) is 13.3 Å². The minimum absolute atomic E-state index is 0.186. The average Bonchev–Trinajstić information content (AvgIpc) is 2.59. The predicted octanol–water partition coefficient (Wildman–Crippen LogP) is 0.344. The first-order valence-corrected chi connectivity index (χ1v) is 6.50. The SMILES string of the molecule is C=C(C)C1=C(C(C)=O)N2C(=O)C(C(O)CC)C2C1N. The minimum atomic E-state index is -0.711. The number of Topliss-reactive ketones (excluding diaryl/α,β-unsaturated/α-hetero) is 1. The molecule has 0 aromatic heterocycles. The second kappa shape index (κ2) is 4.58. The van der Waals surface area contributed by atoms with E-state index >= 15 is 0 Å². The van der Waals surface area contributed by atoms with Crippen molar-refractivity contribution >= 4 is 11.7 Å². The van der Waals surface area contributed by atoms with Gasteiger partial charge in [0.15, 0.2) is 5.78 Å². The first-order chi connectivity index (χ1) is 8.82. The minimum Gasteiger partial charge on any atom is -0.392 e. The van der Waals surface area contributed by atoms with E-state index in [2.05, 4.69) is 6.58 Å². The lowest BCUT2D eigenvalue weighted by Gasteiger charge is -2.47. The van der Waals surface area contributed by atoms with Gasteiger partial charge in [-0.15, -0.1) is 0 Å². The number of carbonyl (C=O) groups excluding carboxylic acids is 2. The first-order valence-electron chi connectivity index (χ1n) is 6.50. The van der Waals surface area contributed by atoms with Crippen molar-refractivity contribution in [1.29, 1.82) is 0 Å². The van der Waals surface area contributed by atoms with Crippen LogP contribution in [-0.4, -0.2) is 39.9 Å². The number of rotatable bonds is 4. The van der Waals surface area contributed by atoms with E-state index in [-0.39, 0.29) is 17.7 Å². The number of nitrogens with zero attached hydrogens (tertiary/aromatic N) is 1. The molecule has 2 rings (SSSR count). The summed E-state index contributed by atoms with van der Waals surface area (Å²) in [4.78, 5) is 25.4. The van der Waals surface area contributed by atoms with Crippen molar-refractivity contribution in [3.8, 4) is 0 Å². The van der Waals surface area contributed by atoms with Crippen molar-refractivity contribution in [2.75, 3.05) is 0 Å². The van der Waals surface area contributed by atoms with Gasteiger partial charge in [0.05, 0.1) is 29.8 Å². The number of amides is 1. The third kappa shape index (κ3) is 1.76. The topological polar surface area (TPSA) is 83.6 Å². The molecule has 2 aliphatic heterocycles. The molecule has 1 fully saturated rings. The smallest absolute Gasteiger partial charge is 0.235 e. The molecule has 4 unspecified atom stereocenters. The van der Waals surface area contributed by atoms with Gasteiger partial charge in [0.1, 0.15) is 0 Å². The van der Waals surface area contributed by atoms with Gasteiger partial charge in [0.25, 0.3) is 0 Å². The van der Waals surface area contributed by atoms with Crippen molar-refractivity contribution < 1.29 is 14.7 Å². The molecule has 0 bridgehead atoms. The number of aliphatic hydroxyl groups is 1. The Morgan fingerprint density at radius 1 is 1.53 bits per heavy atom. The number of β-lactam (4-membered cyclic amide) rings is 1. The van der Waals surface area contributed by atoms with Crippen molar-refractivity contribution in [3.63, 3.8) is 0 Å². The van der Waals surface area contributed by atoms with E-state index in [1.807, 2.05) is 6.92 Å². The van der Waals surface area contributed by atoms with Crippen molar-refractivity contribution in [2.24, 2.45) is 11.7 Å². The van der Waals surface area contributed by atoms with Crippen LogP contribution in [0.15, 0.2) is 23.4 Å². The molecule has 0 spiro atoms. The van der Waals surface area contributed by atoms with Crippen molar-refractivity contribution in [2.45, 2.75) is 45.4 Å². The molecule has 5 heteroatoms. The average molecular weight is 264 g/mol. The van der Waals surface area contributed by atoms with Gasteiger partial charge < -0.3 is 15.7 Å². The van der Waals surface area contributed by atoms with E-state index in [0.717, 1.165) is 0 Å². The van der Waals surface area contributed by atoms with Crippen LogP contribution in [0.5, 0.6) is 0 Å². The van der Waals surface area contributed by atoms with Crippen LogP contribution in [-0.2, 0) is 9.59 Å². The highest BCUT2D eigenvalue weighted by molar-refractivity contribution is 6.04. The number of allylic oxidation sites excluding steroid dienone is 1.